The van der Waals surface area contributed by atoms with Crippen molar-refractivity contribution in [2.45, 2.75) is 12.5 Å². The number of morpholine rings is 1. The van der Waals surface area contributed by atoms with E-state index in [-0.39, 0.29) is 18.6 Å². The van der Waals surface area contributed by atoms with Gasteiger partial charge < -0.3 is 34.7 Å². The van der Waals surface area contributed by atoms with Crippen molar-refractivity contribution in [3.63, 3.8) is 0 Å². The van der Waals surface area contributed by atoms with Crippen LogP contribution < -0.4 is 19.9 Å². The minimum atomic E-state index is -0.525. The molecule has 0 aromatic heterocycles. The van der Waals surface area contributed by atoms with Gasteiger partial charge in [-0.15, -0.1) is 0 Å². The maximum atomic E-state index is 13.3. The summed E-state index contributed by atoms with van der Waals surface area (Å²) in [6.07, 6.45) is 0.152. The van der Waals surface area contributed by atoms with Crippen LogP contribution in [0, 0.1) is 0 Å². The summed E-state index contributed by atoms with van der Waals surface area (Å²) in [7, 11) is 4.63. The van der Waals surface area contributed by atoms with E-state index in [9.17, 15) is 14.7 Å². The molecular weight excluding hydrogens is 488 g/mol. The zero-order valence-electron chi connectivity index (χ0n) is 21.6. The fourth-order valence-corrected chi connectivity index (χ4v) is 5.24. The fourth-order valence-electron chi connectivity index (χ4n) is 5.24. The third kappa shape index (κ3) is 4.44. The van der Waals surface area contributed by atoms with Crippen LogP contribution in [0.5, 0.6) is 17.2 Å². The number of hydrogen-bond donors (Lipinski definition) is 2. The van der Waals surface area contributed by atoms with Crippen molar-refractivity contribution in [3.05, 3.63) is 64.7 Å². The summed E-state index contributed by atoms with van der Waals surface area (Å²) in [5.74, 6) is 0.794. The van der Waals surface area contributed by atoms with Crippen LogP contribution in [0.4, 0.5) is 0 Å². The number of amides is 2. The third-order valence-corrected chi connectivity index (χ3v) is 7.16. The quantitative estimate of drug-likeness (QED) is 0.386. The first-order valence-electron chi connectivity index (χ1n) is 12.3. The van der Waals surface area contributed by atoms with Gasteiger partial charge in [-0.3, -0.25) is 9.59 Å². The van der Waals surface area contributed by atoms with E-state index in [1.165, 1.54) is 7.11 Å². The van der Waals surface area contributed by atoms with Gasteiger partial charge >= 0.3 is 0 Å². The normalized spacial score (nSPS) is 16.0. The van der Waals surface area contributed by atoms with Crippen LogP contribution in [0.2, 0.25) is 0 Å². The number of aliphatic hydroxyl groups is 1. The number of rotatable bonds is 7. The first-order chi connectivity index (χ1) is 18.4. The number of methoxy groups -OCH3 is 3. The van der Waals surface area contributed by atoms with Gasteiger partial charge in [0.25, 0.3) is 5.91 Å². The Hall–Kier alpha value is -4.08. The van der Waals surface area contributed by atoms with Gasteiger partial charge in [0, 0.05) is 24.2 Å². The molecular formula is C29H30N2O7. The zero-order valence-corrected chi connectivity index (χ0v) is 21.6. The second-order valence-electron chi connectivity index (χ2n) is 9.30. The zero-order chi connectivity index (χ0) is 27.0. The predicted octanol–water partition coefficient (Wildman–Crippen LogP) is 2.88. The molecule has 1 heterocycles. The molecule has 5 rings (SSSR count). The van der Waals surface area contributed by atoms with Gasteiger partial charge in [0.2, 0.25) is 11.7 Å². The molecule has 2 amide bonds. The summed E-state index contributed by atoms with van der Waals surface area (Å²) in [6.45, 7) is 1.03. The molecule has 38 heavy (non-hydrogen) atoms. The average molecular weight is 519 g/mol. The van der Waals surface area contributed by atoms with Crippen LogP contribution in [0.1, 0.15) is 31.8 Å². The largest absolute Gasteiger partial charge is 0.493 e. The standard InChI is InChI=1S/C29H30N2O7/c1-35-25-12-19(13-26(36-2)27(25)37-3)18-10-22-21-9-17(29(34)31-6-7-38-20(14-31)15-32)5-4-16(21)8-23(22)24(11-18)28(30)33/h4-5,9-13,20,32H,6-8,14-15H2,1-3H3,(H2,30,33). The van der Waals surface area contributed by atoms with E-state index >= 15 is 0 Å². The monoisotopic (exact) mass is 518 g/mol. The number of carbonyl (C=O) groups is 2. The van der Waals surface area contributed by atoms with Gasteiger partial charge in [0.1, 0.15) is 0 Å². The number of hydrogen-bond acceptors (Lipinski definition) is 7. The molecule has 1 saturated heterocycles. The van der Waals surface area contributed by atoms with Crippen molar-refractivity contribution < 1.29 is 33.6 Å². The predicted molar refractivity (Wildman–Crippen MR) is 141 cm³/mol. The van der Waals surface area contributed by atoms with Crippen molar-refractivity contribution in [2.75, 3.05) is 47.6 Å². The molecule has 198 valence electrons. The first-order valence-corrected chi connectivity index (χ1v) is 12.3. The highest BCUT2D eigenvalue weighted by molar-refractivity contribution is 6.01. The van der Waals surface area contributed by atoms with E-state index in [1.54, 1.807) is 31.3 Å². The molecule has 0 bridgehead atoms. The van der Waals surface area contributed by atoms with E-state index in [0.29, 0.717) is 54.5 Å². The van der Waals surface area contributed by atoms with Gasteiger partial charge in [0.15, 0.2) is 11.5 Å². The van der Waals surface area contributed by atoms with Crippen LogP contribution in [0.3, 0.4) is 0 Å². The summed E-state index contributed by atoms with van der Waals surface area (Å²) in [6, 6.07) is 13.0. The van der Waals surface area contributed by atoms with Gasteiger partial charge in [-0.2, -0.15) is 0 Å². The molecule has 0 saturated carbocycles. The Balaban J connectivity index is 1.60. The van der Waals surface area contributed by atoms with Crippen LogP contribution >= 0.6 is 0 Å². The number of ether oxygens (including phenoxy) is 4. The number of primary amides is 1. The van der Waals surface area contributed by atoms with E-state index in [2.05, 4.69) is 0 Å². The van der Waals surface area contributed by atoms with Gasteiger partial charge in [-0.25, -0.2) is 0 Å². The summed E-state index contributed by atoms with van der Waals surface area (Å²) < 4.78 is 22.0. The molecule has 1 atom stereocenters. The lowest BCUT2D eigenvalue weighted by Crippen LogP contribution is -2.46. The smallest absolute Gasteiger partial charge is 0.254 e. The van der Waals surface area contributed by atoms with E-state index < -0.39 is 5.91 Å². The Bertz CT molecular complexity index is 1390. The van der Waals surface area contributed by atoms with Crippen molar-refractivity contribution in [1.82, 2.24) is 4.90 Å². The summed E-state index contributed by atoms with van der Waals surface area (Å²) >= 11 is 0. The number of aliphatic hydroxyl groups excluding tert-OH is 1. The van der Waals surface area contributed by atoms with Crippen LogP contribution in [-0.2, 0) is 11.2 Å². The molecule has 1 fully saturated rings. The average Bonchev–Trinajstić information content (AvgIpc) is 3.33. The number of benzene rings is 3. The second kappa shape index (κ2) is 10.4. The maximum absolute atomic E-state index is 13.3. The summed E-state index contributed by atoms with van der Waals surface area (Å²) in [4.78, 5) is 27.6. The second-order valence-corrected chi connectivity index (χ2v) is 9.30. The molecule has 3 aromatic carbocycles. The number of fused-ring (bicyclic) bond motifs is 3. The Kier molecular flexibility index (Phi) is 6.96. The van der Waals surface area contributed by atoms with E-state index in [4.69, 9.17) is 24.7 Å². The Morgan fingerprint density at radius 3 is 2.34 bits per heavy atom. The molecule has 1 aliphatic carbocycles. The fraction of sp³-hybridized carbons (Fsp3) is 0.310. The van der Waals surface area contributed by atoms with Crippen LogP contribution in [-0.4, -0.2) is 75.6 Å². The van der Waals surface area contributed by atoms with Crippen LogP contribution in [0.15, 0.2) is 42.5 Å². The van der Waals surface area contributed by atoms with Crippen molar-refractivity contribution in [3.8, 4) is 39.5 Å². The lowest BCUT2D eigenvalue weighted by molar-refractivity contribution is -0.0447. The SMILES string of the molecule is COc1cc(-c2cc(C(N)=O)c3c(c2)-c2cc(C(=O)N4CCOC(CO)C4)ccc2C3)cc(OC)c1OC. The van der Waals surface area contributed by atoms with E-state index in [1.807, 2.05) is 30.3 Å². The molecule has 1 aliphatic heterocycles. The van der Waals surface area contributed by atoms with Gasteiger partial charge in [-0.05, 0) is 76.2 Å². The minimum absolute atomic E-state index is 0.126. The molecule has 3 N–H and O–H groups in total. The Morgan fingerprint density at radius 2 is 1.71 bits per heavy atom. The number of carbonyl (C=O) groups excluding carboxylic acids is 2. The van der Waals surface area contributed by atoms with Crippen molar-refractivity contribution in [1.29, 1.82) is 0 Å². The molecule has 1 unspecified atom stereocenters. The highest BCUT2D eigenvalue weighted by Crippen LogP contribution is 2.45. The third-order valence-electron chi connectivity index (χ3n) is 7.16. The minimum Gasteiger partial charge on any atom is -0.493 e. The molecule has 0 radical (unpaired) electrons. The highest BCUT2D eigenvalue weighted by atomic mass is 16.5. The Morgan fingerprint density at radius 1 is 1.00 bits per heavy atom. The molecule has 3 aromatic rings. The van der Waals surface area contributed by atoms with Crippen molar-refractivity contribution in [2.24, 2.45) is 5.73 Å². The summed E-state index contributed by atoms with van der Waals surface area (Å²) in [5, 5.41) is 9.46. The molecule has 2 aliphatic rings. The Labute approximate surface area is 220 Å². The summed E-state index contributed by atoms with van der Waals surface area (Å²) in [5.41, 5.74) is 11.9. The highest BCUT2D eigenvalue weighted by Gasteiger charge is 2.29. The maximum Gasteiger partial charge on any atom is 0.254 e. The van der Waals surface area contributed by atoms with E-state index in [0.717, 1.165) is 33.4 Å². The lowest BCUT2D eigenvalue weighted by atomic mass is 9.93. The topological polar surface area (TPSA) is 121 Å². The van der Waals surface area contributed by atoms with Gasteiger partial charge in [0.05, 0.1) is 40.6 Å². The molecule has 9 nitrogen and oxygen atoms in total. The van der Waals surface area contributed by atoms with Crippen LogP contribution in [0.25, 0.3) is 22.3 Å². The first kappa shape index (κ1) is 25.6. The molecule has 0 spiro atoms. The van der Waals surface area contributed by atoms with Gasteiger partial charge in [-0.1, -0.05) is 6.07 Å². The van der Waals surface area contributed by atoms with Crippen molar-refractivity contribution >= 4 is 11.8 Å². The number of nitrogens with two attached hydrogens (primary N) is 1. The number of nitrogens with zero attached hydrogens (tertiary/aromatic N) is 1. The molecule has 9 heteroatoms. The lowest BCUT2D eigenvalue weighted by Gasteiger charge is -2.32.